The second-order valence-corrected chi connectivity index (χ2v) is 7.66. The number of hydrogen-bond donors (Lipinski definition) is 2. The Bertz CT molecular complexity index is 824. The number of carboxylic acid groups (broad SMARTS) is 1. The summed E-state index contributed by atoms with van der Waals surface area (Å²) in [5.74, 6) is 1.09. The summed E-state index contributed by atoms with van der Waals surface area (Å²) in [6.45, 7) is 1.71. The van der Waals surface area contributed by atoms with Gasteiger partial charge in [0, 0.05) is 24.0 Å². The molecule has 0 spiro atoms. The highest BCUT2D eigenvalue weighted by atomic mass is 32.1. The molecular weight excluding hydrogens is 369 g/mol. The van der Waals surface area contributed by atoms with Crippen LogP contribution in [0.2, 0.25) is 0 Å². The van der Waals surface area contributed by atoms with E-state index >= 15 is 0 Å². The van der Waals surface area contributed by atoms with Crippen molar-refractivity contribution in [2.45, 2.75) is 50.9 Å². The smallest absolute Gasteiger partial charge is 0.404 e. The van der Waals surface area contributed by atoms with Gasteiger partial charge in [0.1, 0.15) is 16.5 Å². The fourth-order valence-corrected chi connectivity index (χ4v) is 4.50. The summed E-state index contributed by atoms with van der Waals surface area (Å²) < 4.78 is 38.1. The first-order valence-corrected chi connectivity index (χ1v) is 9.00. The number of nitrogens with one attached hydrogen (secondary N) is 1. The average Bonchev–Trinajstić information content (AvgIpc) is 3.09. The lowest BCUT2D eigenvalue weighted by molar-refractivity contribution is -0.126. The van der Waals surface area contributed by atoms with Gasteiger partial charge in [-0.2, -0.15) is 13.2 Å². The third-order valence-electron chi connectivity index (χ3n) is 4.52. The number of hydrogen-bond acceptors (Lipinski definition) is 5. The molecule has 1 saturated carbocycles. The second kappa shape index (κ2) is 6.90. The normalized spacial score (nSPS) is 20.5. The average molecular weight is 388 g/mol. The predicted octanol–water partition coefficient (Wildman–Crippen LogP) is 3.73. The van der Waals surface area contributed by atoms with Crippen LogP contribution in [0, 0.1) is 6.92 Å². The number of amides is 1. The first kappa shape index (κ1) is 18.7. The quantitative estimate of drug-likeness (QED) is 0.835. The minimum atomic E-state index is -4.27. The molecule has 0 unspecified atom stereocenters. The molecular formula is C16H19F3N4O2S. The first-order chi connectivity index (χ1) is 12.1. The molecule has 2 aromatic heterocycles. The molecule has 0 bridgehead atoms. The molecule has 142 valence electrons. The Morgan fingerprint density at radius 3 is 2.81 bits per heavy atom. The largest absolute Gasteiger partial charge is 0.465 e. The van der Waals surface area contributed by atoms with Crippen molar-refractivity contribution in [1.29, 1.82) is 0 Å². The number of alkyl halides is 3. The topological polar surface area (TPSA) is 78.4 Å². The molecule has 3 rings (SSSR count). The van der Waals surface area contributed by atoms with Gasteiger partial charge in [0.05, 0.1) is 11.8 Å². The van der Waals surface area contributed by atoms with E-state index < -0.39 is 18.7 Å². The van der Waals surface area contributed by atoms with Gasteiger partial charge in [-0.25, -0.2) is 14.8 Å². The van der Waals surface area contributed by atoms with E-state index in [1.807, 2.05) is 11.9 Å². The van der Waals surface area contributed by atoms with Crippen LogP contribution in [0.4, 0.5) is 23.8 Å². The monoisotopic (exact) mass is 388 g/mol. The summed E-state index contributed by atoms with van der Waals surface area (Å²) >= 11 is 1.03. The summed E-state index contributed by atoms with van der Waals surface area (Å²) in [4.78, 5) is 22.2. The predicted molar refractivity (Wildman–Crippen MR) is 92.9 cm³/mol. The zero-order chi connectivity index (χ0) is 19.1. The SMILES string of the molecule is Cc1nc(N(C)[C@@H]2CC[C@H](NC(=O)O)C2)c2cc(CC(F)(F)F)sc2n1. The molecule has 6 nitrogen and oxygen atoms in total. The number of carbonyl (C=O) groups is 1. The third kappa shape index (κ3) is 4.17. The molecule has 1 aliphatic carbocycles. The number of thiophene rings is 1. The maximum absolute atomic E-state index is 12.7. The maximum Gasteiger partial charge on any atom is 0.404 e. The standard InChI is InChI=1S/C16H19F3N4O2S/c1-8-20-13(23(2)10-4-3-9(5-10)22-15(24)25)12-6-11(7-16(17,18)19)26-14(12)21-8/h6,9-10,22H,3-5,7H2,1-2H3,(H,24,25)/t9-,10+/m0/s1. The van der Waals surface area contributed by atoms with Gasteiger partial charge in [0.2, 0.25) is 0 Å². The van der Waals surface area contributed by atoms with E-state index in [1.54, 1.807) is 6.92 Å². The van der Waals surface area contributed by atoms with Crippen LogP contribution in [0.15, 0.2) is 6.07 Å². The molecule has 1 fully saturated rings. The molecule has 2 N–H and O–H groups in total. The molecule has 0 radical (unpaired) electrons. The van der Waals surface area contributed by atoms with Gasteiger partial charge in [-0.15, -0.1) is 11.3 Å². The fraction of sp³-hybridized carbons (Fsp3) is 0.562. The van der Waals surface area contributed by atoms with Crippen LogP contribution in [0.3, 0.4) is 0 Å². The lowest BCUT2D eigenvalue weighted by Gasteiger charge is -2.26. The van der Waals surface area contributed by atoms with Crippen molar-refractivity contribution >= 4 is 33.5 Å². The fourth-order valence-electron chi connectivity index (χ4n) is 3.40. The zero-order valence-corrected chi connectivity index (χ0v) is 15.1. The number of fused-ring (bicyclic) bond motifs is 1. The van der Waals surface area contributed by atoms with Gasteiger partial charge >= 0.3 is 12.3 Å². The Balaban J connectivity index is 1.88. The molecule has 10 heteroatoms. The van der Waals surface area contributed by atoms with E-state index in [0.29, 0.717) is 28.3 Å². The Kier molecular flexibility index (Phi) is 4.96. The Hall–Kier alpha value is -2.10. The number of aromatic nitrogens is 2. The van der Waals surface area contributed by atoms with Crippen molar-refractivity contribution < 1.29 is 23.1 Å². The number of nitrogens with zero attached hydrogens (tertiary/aromatic N) is 3. The Morgan fingerprint density at radius 2 is 2.15 bits per heavy atom. The lowest BCUT2D eigenvalue weighted by Crippen LogP contribution is -2.35. The van der Waals surface area contributed by atoms with E-state index in [4.69, 9.17) is 5.11 Å². The van der Waals surface area contributed by atoms with Crippen molar-refractivity contribution in [1.82, 2.24) is 15.3 Å². The molecule has 0 aromatic carbocycles. The van der Waals surface area contributed by atoms with Gasteiger partial charge in [-0.1, -0.05) is 0 Å². The molecule has 1 aliphatic rings. The van der Waals surface area contributed by atoms with Crippen molar-refractivity contribution in [2.75, 3.05) is 11.9 Å². The highest BCUT2D eigenvalue weighted by Crippen LogP contribution is 2.36. The Morgan fingerprint density at radius 1 is 1.42 bits per heavy atom. The minimum absolute atomic E-state index is 0.0651. The van der Waals surface area contributed by atoms with Crippen LogP contribution < -0.4 is 10.2 Å². The molecule has 2 heterocycles. The molecule has 0 aliphatic heterocycles. The molecule has 2 aromatic rings. The molecule has 0 saturated heterocycles. The number of aryl methyl sites for hydroxylation is 1. The van der Waals surface area contributed by atoms with E-state index in [9.17, 15) is 18.0 Å². The third-order valence-corrected chi connectivity index (χ3v) is 5.55. The van der Waals surface area contributed by atoms with Crippen molar-refractivity contribution in [3.63, 3.8) is 0 Å². The van der Waals surface area contributed by atoms with Crippen molar-refractivity contribution in [3.8, 4) is 0 Å². The molecule has 26 heavy (non-hydrogen) atoms. The van der Waals surface area contributed by atoms with Crippen LogP contribution in [0.25, 0.3) is 10.2 Å². The van der Waals surface area contributed by atoms with Gasteiger partial charge in [0.25, 0.3) is 0 Å². The first-order valence-electron chi connectivity index (χ1n) is 8.18. The summed E-state index contributed by atoms with van der Waals surface area (Å²) in [5.41, 5.74) is 0. The van der Waals surface area contributed by atoms with E-state index in [1.165, 1.54) is 6.07 Å². The van der Waals surface area contributed by atoms with Crippen LogP contribution in [0.1, 0.15) is 30.0 Å². The number of rotatable bonds is 4. The minimum Gasteiger partial charge on any atom is -0.465 e. The van der Waals surface area contributed by atoms with Crippen LogP contribution in [-0.2, 0) is 6.42 Å². The van der Waals surface area contributed by atoms with Crippen LogP contribution in [-0.4, -0.2) is 46.5 Å². The highest BCUT2D eigenvalue weighted by molar-refractivity contribution is 7.18. The summed E-state index contributed by atoms with van der Waals surface area (Å²) in [6, 6.07) is 1.46. The van der Waals surface area contributed by atoms with Crippen molar-refractivity contribution in [2.24, 2.45) is 0 Å². The number of anilines is 1. The van der Waals surface area contributed by atoms with Crippen LogP contribution >= 0.6 is 11.3 Å². The highest BCUT2D eigenvalue weighted by Gasteiger charge is 2.32. The lowest BCUT2D eigenvalue weighted by atomic mass is 10.2. The van der Waals surface area contributed by atoms with E-state index in [-0.39, 0.29) is 17.0 Å². The van der Waals surface area contributed by atoms with Gasteiger partial charge in [-0.05, 0) is 32.3 Å². The van der Waals surface area contributed by atoms with Crippen LogP contribution in [0.5, 0.6) is 0 Å². The summed E-state index contributed by atoms with van der Waals surface area (Å²) in [6.07, 6.45) is -4.16. The summed E-state index contributed by atoms with van der Waals surface area (Å²) in [7, 11) is 1.84. The molecule has 2 atom stereocenters. The van der Waals surface area contributed by atoms with Gasteiger partial charge < -0.3 is 15.3 Å². The zero-order valence-electron chi connectivity index (χ0n) is 14.3. The maximum atomic E-state index is 12.7. The van der Waals surface area contributed by atoms with E-state index in [0.717, 1.165) is 24.2 Å². The summed E-state index contributed by atoms with van der Waals surface area (Å²) in [5, 5.41) is 12.0. The van der Waals surface area contributed by atoms with Crippen molar-refractivity contribution in [3.05, 3.63) is 16.8 Å². The van der Waals surface area contributed by atoms with E-state index in [2.05, 4.69) is 15.3 Å². The second-order valence-electron chi connectivity index (χ2n) is 6.54. The van der Waals surface area contributed by atoms with Gasteiger partial charge in [-0.3, -0.25) is 0 Å². The Labute approximate surface area is 152 Å². The number of halogens is 3. The van der Waals surface area contributed by atoms with Gasteiger partial charge in [0.15, 0.2) is 0 Å². The molecule has 1 amide bonds.